The molecule has 0 unspecified atom stereocenters. The number of rotatable bonds is 5. The quantitative estimate of drug-likeness (QED) is 0.721. The first kappa shape index (κ1) is 18.5. The first-order chi connectivity index (χ1) is 11.9. The van der Waals surface area contributed by atoms with Gasteiger partial charge in [0.05, 0.1) is 28.1 Å². The molecular weight excluding hydrogens is 380 g/mol. The lowest BCUT2D eigenvalue weighted by Gasteiger charge is -2.30. The number of esters is 1. The van der Waals surface area contributed by atoms with E-state index in [1.807, 2.05) is 12.3 Å². The molecule has 0 radical (unpaired) electrons. The minimum Gasteiger partial charge on any atom is -0.466 e. The molecule has 9 heteroatoms. The Balaban J connectivity index is 1.79. The van der Waals surface area contributed by atoms with Crippen LogP contribution >= 0.6 is 22.7 Å². The number of aryl methyl sites for hydroxylation is 1. The maximum Gasteiger partial charge on any atom is 0.310 e. The maximum absolute atomic E-state index is 12.9. The molecule has 0 amide bonds. The topological polar surface area (TPSA) is 76.6 Å². The summed E-state index contributed by atoms with van der Waals surface area (Å²) in [5, 5.41) is 2.87. The standard InChI is InChI=1S/C16H20N2O4S3/c1-3-22-16(19)12-5-4-8-18(9-12)25(20,21)15-7-6-14(24-15)13-10-23-11(2)17-13/h6-7,10,12H,3-5,8-9H2,1-2H3/t12-/m1/s1. The van der Waals surface area contributed by atoms with Crippen LogP contribution in [-0.2, 0) is 19.6 Å². The molecule has 3 rings (SSSR count). The molecule has 1 aliphatic rings. The Kier molecular flexibility index (Phi) is 5.57. The van der Waals surface area contributed by atoms with Crippen LogP contribution in [0.15, 0.2) is 21.7 Å². The first-order valence-electron chi connectivity index (χ1n) is 8.11. The van der Waals surface area contributed by atoms with Crippen molar-refractivity contribution >= 4 is 38.7 Å². The van der Waals surface area contributed by atoms with Crippen LogP contribution in [0.3, 0.4) is 0 Å². The molecule has 1 fully saturated rings. The zero-order valence-corrected chi connectivity index (χ0v) is 16.5. The lowest BCUT2D eigenvalue weighted by molar-refractivity contribution is -0.149. The molecule has 136 valence electrons. The highest BCUT2D eigenvalue weighted by atomic mass is 32.2. The van der Waals surface area contributed by atoms with Gasteiger partial charge in [-0.3, -0.25) is 4.79 Å². The summed E-state index contributed by atoms with van der Waals surface area (Å²) in [5.74, 6) is -0.698. The van der Waals surface area contributed by atoms with Crippen molar-refractivity contribution in [2.24, 2.45) is 5.92 Å². The molecule has 2 aromatic heterocycles. The zero-order chi connectivity index (χ0) is 18.0. The fourth-order valence-electron chi connectivity index (χ4n) is 2.81. The molecule has 0 aromatic carbocycles. The van der Waals surface area contributed by atoms with E-state index in [0.29, 0.717) is 26.0 Å². The summed E-state index contributed by atoms with van der Waals surface area (Å²) >= 11 is 2.75. The second-order valence-corrected chi connectivity index (χ2v) is 10.1. The van der Waals surface area contributed by atoms with E-state index in [9.17, 15) is 13.2 Å². The summed E-state index contributed by atoms with van der Waals surface area (Å²) in [6.07, 6.45) is 1.32. The Labute approximate surface area is 155 Å². The summed E-state index contributed by atoms with van der Waals surface area (Å²) in [6, 6.07) is 3.41. The Morgan fingerprint density at radius 3 is 2.92 bits per heavy atom. The normalized spacial score (nSPS) is 19.0. The van der Waals surface area contributed by atoms with Gasteiger partial charge in [-0.05, 0) is 38.8 Å². The Morgan fingerprint density at radius 1 is 1.44 bits per heavy atom. The Morgan fingerprint density at radius 2 is 2.24 bits per heavy atom. The summed E-state index contributed by atoms with van der Waals surface area (Å²) < 4.78 is 32.6. The van der Waals surface area contributed by atoms with E-state index < -0.39 is 10.0 Å². The molecule has 1 atom stereocenters. The molecule has 0 N–H and O–H groups in total. The zero-order valence-electron chi connectivity index (χ0n) is 14.1. The van der Waals surface area contributed by atoms with E-state index in [4.69, 9.17) is 4.74 Å². The van der Waals surface area contributed by atoms with E-state index >= 15 is 0 Å². The van der Waals surface area contributed by atoms with Crippen LogP contribution in [0.5, 0.6) is 0 Å². The van der Waals surface area contributed by atoms with Gasteiger partial charge in [-0.15, -0.1) is 22.7 Å². The largest absolute Gasteiger partial charge is 0.466 e. The minimum atomic E-state index is -3.60. The highest BCUT2D eigenvalue weighted by Gasteiger charge is 2.34. The molecule has 25 heavy (non-hydrogen) atoms. The Bertz CT molecular complexity index is 856. The van der Waals surface area contributed by atoms with Crippen molar-refractivity contribution in [2.45, 2.75) is 30.9 Å². The molecule has 0 spiro atoms. The van der Waals surface area contributed by atoms with Gasteiger partial charge in [0, 0.05) is 18.5 Å². The second kappa shape index (κ2) is 7.53. The van der Waals surface area contributed by atoms with Crippen LogP contribution in [0.25, 0.3) is 10.6 Å². The van der Waals surface area contributed by atoms with Gasteiger partial charge < -0.3 is 4.74 Å². The maximum atomic E-state index is 12.9. The van der Waals surface area contributed by atoms with E-state index in [0.717, 1.165) is 15.6 Å². The van der Waals surface area contributed by atoms with Crippen LogP contribution in [-0.4, -0.2) is 43.4 Å². The third-order valence-corrected chi connectivity index (χ3v) is 8.26. The minimum absolute atomic E-state index is 0.185. The monoisotopic (exact) mass is 400 g/mol. The van der Waals surface area contributed by atoms with Crippen LogP contribution in [0.1, 0.15) is 24.8 Å². The molecule has 2 aromatic rings. The van der Waals surface area contributed by atoms with Crippen molar-refractivity contribution in [3.05, 3.63) is 22.5 Å². The molecular formula is C16H20N2O4S3. The van der Waals surface area contributed by atoms with Crippen LogP contribution in [0, 0.1) is 12.8 Å². The number of carbonyl (C=O) groups excluding carboxylic acids is 1. The molecule has 0 saturated carbocycles. The van der Waals surface area contributed by atoms with Gasteiger partial charge in [0.15, 0.2) is 0 Å². The van der Waals surface area contributed by atoms with E-state index in [1.54, 1.807) is 19.1 Å². The number of sulfonamides is 1. The van der Waals surface area contributed by atoms with Crippen LogP contribution < -0.4 is 0 Å². The smallest absolute Gasteiger partial charge is 0.310 e. The number of aromatic nitrogens is 1. The summed E-state index contributed by atoms with van der Waals surface area (Å²) in [6.45, 7) is 4.60. The van der Waals surface area contributed by atoms with Gasteiger partial charge in [0.25, 0.3) is 10.0 Å². The molecule has 1 aliphatic heterocycles. The number of hydrogen-bond donors (Lipinski definition) is 0. The Hall–Kier alpha value is -1.29. The van der Waals surface area contributed by atoms with Gasteiger partial charge in [-0.25, -0.2) is 13.4 Å². The van der Waals surface area contributed by atoms with Crippen LogP contribution in [0.4, 0.5) is 0 Å². The number of carbonyl (C=O) groups is 1. The third kappa shape index (κ3) is 3.94. The van der Waals surface area contributed by atoms with Crippen molar-refractivity contribution in [3.63, 3.8) is 0 Å². The van der Waals surface area contributed by atoms with Gasteiger partial charge >= 0.3 is 5.97 Å². The highest BCUT2D eigenvalue weighted by Crippen LogP contribution is 2.34. The lowest BCUT2D eigenvalue weighted by atomic mass is 10.0. The fourth-order valence-corrected chi connectivity index (χ4v) is 6.45. The summed E-state index contributed by atoms with van der Waals surface area (Å²) in [5.41, 5.74) is 0.803. The van der Waals surface area contributed by atoms with Crippen molar-refractivity contribution in [3.8, 4) is 10.6 Å². The number of thiophene rings is 1. The van der Waals surface area contributed by atoms with E-state index in [2.05, 4.69) is 4.98 Å². The molecule has 6 nitrogen and oxygen atoms in total. The fraction of sp³-hybridized carbons (Fsp3) is 0.500. The third-order valence-electron chi connectivity index (χ3n) is 4.05. The summed E-state index contributed by atoms with van der Waals surface area (Å²) in [7, 11) is -3.60. The van der Waals surface area contributed by atoms with Gasteiger partial charge in [0.2, 0.25) is 0 Å². The molecule has 3 heterocycles. The van der Waals surface area contributed by atoms with Gasteiger partial charge in [0.1, 0.15) is 4.21 Å². The number of ether oxygens (including phenoxy) is 1. The molecule has 0 aliphatic carbocycles. The predicted molar refractivity (Wildman–Crippen MR) is 98.3 cm³/mol. The highest BCUT2D eigenvalue weighted by molar-refractivity contribution is 7.91. The average molecular weight is 401 g/mol. The van der Waals surface area contributed by atoms with Crippen molar-refractivity contribution in [2.75, 3.05) is 19.7 Å². The number of piperidine rings is 1. The van der Waals surface area contributed by atoms with Gasteiger partial charge in [-0.1, -0.05) is 0 Å². The second-order valence-electron chi connectivity index (χ2n) is 5.82. The van der Waals surface area contributed by atoms with Crippen molar-refractivity contribution < 1.29 is 17.9 Å². The number of nitrogens with zero attached hydrogens (tertiary/aromatic N) is 2. The van der Waals surface area contributed by atoms with Crippen LogP contribution in [0.2, 0.25) is 0 Å². The molecule has 1 saturated heterocycles. The van der Waals surface area contributed by atoms with Crippen molar-refractivity contribution in [1.82, 2.24) is 9.29 Å². The lowest BCUT2D eigenvalue weighted by Crippen LogP contribution is -2.42. The van der Waals surface area contributed by atoms with Crippen molar-refractivity contribution in [1.29, 1.82) is 0 Å². The van der Waals surface area contributed by atoms with E-state index in [-0.39, 0.29) is 22.6 Å². The SMILES string of the molecule is CCOC(=O)[C@@H]1CCCN(S(=O)(=O)c2ccc(-c3csc(C)n3)s2)C1. The molecule has 0 bridgehead atoms. The number of hydrogen-bond acceptors (Lipinski definition) is 7. The van der Waals surface area contributed by atoms with Gasteiger partial charge in [-0.2, -0.15) is 4.31 Å². The van der Waals surface area contributed by atoms with E-state index in [1.165, 1.54) is 27.0 Å². The first-order valence-corrected chi connectivity index (χ1v) is 11.2. The average Bonchev–Trinajstić information content (AvgIpc) is 3.24. The number of thiazole rings is 1. The predicted octanol–water partition coefficient (Wildman–Crippen LogP) is 3.14. The summed E-state index contributed by atoms with van der Waals surface area (Å²) in [4.78, 5) is 17.2.